The first-order chi connectivity index (χ1) is 15.1. The Bertz CT molecular complexity index is 1360. The molecule has 1 heterocycles. The summed E-state index contributed by atoms with van der Waals surface area (Å²) in [6, 6.07) is 13.1. The van der Waals surface area contributed by atoms with Crippen molar-refractivity contribution in [3.05, 3.63) is 98.1 Å². The Hall–Kier alpha value is -3.03. The Morgan fingerprint density at radius 1 is 0.938 bits per heavy atom. The Morgan fingerprint density at radius 2 is 1.66 bits per heavy atom. The Balaban J connectivity index is 1.77. The summed E-state index contributed by atoms with van der Waals surface area (Å²) in [4.78, 5) is 13.0. The first-order valence-electron chi connectivity index (χ1n) is 9.14. The average Bonchev–Trinajstić information content (AvgIpc) is 2.73. The molecule has 0 fully saturated rings. The van der Waals surface area contributed by atoms with Crippen molar-refractivity contribution >= 4 is 34.2 Å². The maximum Gasteiger partial charge on any atom is 0.450 e. The number of hydrogen-bond acceptors (Lipinski definition) is 3. The lowest BCUT2D eigenvalue weighted by Gasteiger charge is -2.14. The highest BCUT2D eigenvalue weighted by Gasteiger charge is 2.39. The van der Waals surface area contributed by atoms with E-state index < -0.39 is 28.7 Å². The molecule has 4 rings (SSSR count). The summed E-state index contributed by atoms with van der Waals surface area (Å²) in [5.41, 5.74) is -1.22. The fourth-order valence-electron chi connectivity index (χ4n) is 3.14. The van der Waals surface area contributed by atoms with E-state index in [-0.39, 0.29) is 33.9 Å². The summed E-state index contributed by atoms with van der Waals surface area (Å²) in [6.45, 7) is -0.0656. The summed E-state index contributed by atoms with van der Waals surface area (Å²) in [5.74, 6) is -1.79. The van der Waals surface area contributed by atoms with Crippen LogP contribution in [0.1, 0.15) is 11.3 Å². The molecule has 0 unspecified atom stereocenters. The number of hydrogen-bond donors (Lipinski definition) is 0. The number of fused-ring (bicyclic) bond motifs is 1. The second kappa shape index (κ2) is 8.48. The van der Waals surface area contributed by atoms with Gasteiger partial charge in [0.05, 0.1) is 16.0 Å². The largest absolute Gasteiger partial charge is 0.489 e. The van der Waals surface area contributed by atoms with E-state index in [1.807, 2.05) is 0 Å². The lowest BCUT2D eigenvalue weighted by atomic mass is 10.0. The van der Waals surface area contributed by atoms with E-state index >= 15 is 0 Å². The molecule has 0 N–H and O–H groups in total. The van der Waals surface area contributed by atoms with Gasteiger partial charge in [-0.05, 0) is 42.0 Å². The molecule has 9 heteroatoms. The monoisotopic (exact) mass is 482 g/mol. The molecule has 164 valence electrons. The second-order valence-corrected chi connectivity index (χ2v) is 7.67. The zero-order valence-corrected chi connectivity index (χ0v) is 17.5. The molecular weight excluding hydrogens is 471 g/mol. The molecule has 0 spiro atoms. The van der Waals surface area contributed by atoms with Gasteiger partial charge in [0.15, 0.2) is 0 Å². The van der Waals surface area contributed by atoms with Crippen LogP contribution in [0.25, 0.3) is 22.1 Å². The van der Waals surface area contributed by atoms with Crippen molar-refractivity contribution in [3.8, 4) is 16.9 Å². The Kier molecular flexibility index (Phi) is 5.88. The minimum Gasteiger partial charge on any atom is -0.489 e. The SMILES string of the molecule is O=c1c(-c2ccc(Cl)cc2)c(C(F)(F)F)oc2cc(OCc3ccc(F)cc3Cl)ccc12. The average molecular weight is 483 g/mol. The van der Waals surface area contributed by atoms with Crippen molar-refractivity contribution in [2.45, 2.75) is 12.8 Å². The van der Waals surface area contributed by atoms with Crippen molar-refractivity contribution in [1.82, 2.24) is 0 Å². The zero-order chi connectivity index (χ0) is 23.0. The molecule has 0 aliphatic rings. The van der Waals surface area contributed by atoms with Crippen LogP contribution in [0, 0.1) is 5.82 Å². The number of halogens is 6. The molecule has 3 aromatic carbocycles. The van der Waals surface area contributed by atoms with Crippen LogP contribution in [0.15, 0.2) is 69.9 Å². The van der Waals surface area contributed by atoms with Crippen molar-refractivity contribution in [1.29, 1.82) is 0 Å². The summed E-state index contributed by atoms with van der Waals surface area (Å²) in [7, 11) is 0. The molecule has 0 saturated carbocycles. The van der Waals surface area contributed by atoms with E-state index in [1.54, 1.807) is 0 Å². The Labute approximate surface area is 188 Å². The van der Waals surface area contributed by atoms with Gasteiger partial charge in [-0.3, -0.25) is 4.79 Å². The molecule has 0 aliphatic heterocycles. The van der Waals surface area contributed by atoms with Gasteiger partial charge in [-0.15, -0.1) is 0 Å². The van der Waals surface area contributed by atoms with Crippen LogP contribution in [0.2, 0.25) is 10.0 Å². The fraction of sp³-hybridized carbons (Fsp3) is 0.0870. The molecule has 0 aliphatic carbocycles. The zero-order valence-electron chi connectivity index (χ0n) is 16.0. The van der Waals surface area contributed by atoms with Gasteiger partial charge >= 0.3 is 6.18 Å². The van der Waals surface area contributed by atoms with Crippen molar-refractivity contribution in [3.63, 3.8) is 0 Å². The molecular formula is C23H12Cl2F4O3. The van der Waals surface area contributed by atoms with Gasteiger partial charge in [0.1, 0.15) is 23.8 Å². The molecule has 0 atom stereocenters. The molecule has 0 amide bonds. The molecule has 0 bridgehead atoms. The molecule has 3 nitrogen and oxygen atoms in total. The summed E-state index contributed by atoms with van der Waals surface area (Å²) < 4.78 is 65.1. The predicted octanol–water partition coefficient (Wildman–Crippen LogP) is 7.50. The maximum atomic E-state index is 13.7. The number of benzene rings is 3. The van der Waals surface area contributed by atoms with Gasteiger partial charge < -0.3 is 9.15 Å². The normalized spacial score (nSPS) is 11.7. The van der Waals surface area contributed by atoms with E-state index in [1.165, 1.54) is 54.6 Å². The second-order valence-electron chi connectivity index (χ2n) is 6.82. The first kappa shape index (κ1) is 22.2. The molecule has 0 saturated heterocycles. The molecule has 1 aromatic heterocycles. The smallest absolute Gasteiger partial charge is 0.450 e. The predicted molar refractivity (Wildman–Crippen MR) is 114 cm³/mol. The third kappa shape index (κ3) is 4.45. The highest BCUT2D eigenvalue weighted by Crippen LogP contribution is 2.38. The molecule has 32 heavy (non-hydrogen) atoms. The van der Waals surface area contributed by atoms with E-state index in [0.29, 0.717) is 10.6 Å². The topological polar surface area (TPSA) is 39.4 Å². The van der Waals surface area contributed by atoms with E-state index in [9.17, 15) is 22.4 Å². The number of ether oxygens (including phenoxy) is 1. The third-order valence-corrected chi connectivity index (χ3v) is 5.27. The van der Waals surface area contributed by atoms with Gasteiger partial charge in [-0.2, -0.15) is 13.2 Å². The molecule has 4 aromatic rings. The van der Waals surface area contributed by atoms with Crippen LogP contribution in [-0.2, 0) is 12.8 Å². The maximum absolute atomic E-state index is 13.7. The van der Waals surface area contributed by atoms with E-state index in [0.717, 1.165) is 6.07 Å². The lowest BCUT2D eigenvalue weighted by Crippen LogP contribution is -2.16. The number of alkyl halides is 3. The summed E-state index contributed by atoms with van der Waals surface area (Å²) in [5, 5.41) is 0.412. The highest BCUT2D eigenvalue weighted by molar-refractivity contribution is 6.31. The first-order valence-corrected chi connectivity index (χ1v) is 9.90. The quantitative estimate of drug-likeness (QED) is 0.282. The Morgan fingerprint density at radius 3 is 2.31 bits per heavy atom. The van der Waals surface area contributed by atoms with Gasteiger partial charge in [-0.25, -0.2) is 4.39 Å². The van der Waals surface area contributed by atoms with Gasteiger partial charge in [0, 0.05) is 16.7 Å². The van der Waals surface area contributed by atoms with Gasteiger partial charge in [0.2, 0.25) is 11.2 Å². The lowest BCUT2D eigenvalue weighted by molar-refractivity contribution is -0.152. The number of rotatable bonds is 4. The standard InChI is InChI=1S/C23H12Cl2F4O3/c24-14-4-1-12(2-5-14)20-21(30)17-8-7-16(10-19(17)32-22(20)23(27,28)29)31-11-13-3-6-15(26)9-18(13)25/h1-10H,11H2. The van der Waals surface area contributed by atoms with E-state index in [4.69, 9.17) is 32.4 Å². The van der Waals surface area contributed by atoms with Crippen LogP contribution < -0.4 is 10.2 Å². The van der Waals surface area contributed by atoms with Crippen LogP contribution in [0.3, 0.4) is 0 Å². The van der Waals surface area contributed by atoms with Crippen molar-refractivity contribution in [2.75, 3.05) is 0 Å². The van der Waals surface area contributed by atoms with Crippen molar-refractivity contribution in [2.24, 2.45) is 0 Å². The van der Waals surface area contributed by atoms with Gasteiger partial charge in [0.25, 0.3) is 0 Å². The van der Waals surface area contributed by atoms with Crippen LogP contribution in [-0.4, -0.2) is 0 Å². The minimum atomic E-state index is -4.92. The summed E-state index contributed by atoms with van der Waals surface area (Å²) >= 11 is 11.8. The van der Waals surface area contributed by atoms with Crippen molar-refractivity contribution < 1.29 is 26.7 Å². The summed E-state index contributed by atoms with van der Waals surface area (Å²) in [6.07, 6.45) is -4.92. The third-order valence-electron chi connectivity index (χ3n) is 4.66. The van der Waals surface area contributed by atoms with Crippen LogP contribution >= 0.6 is 23.2 Å². The molecule has 0 radical (unpaired) electrons. The van der Waals surface area contributed by atoms with Crippen LogP contribution in [0.5, 0.6) is 5.75 Å². The fourth-order valence-corrected chi connectivity index (χ4v) is 3.49. The van der Waals surface area contributed by atoms with E-state index in [2.05, 4.69) is 0 Å². The van der Waals surface area contributed by atoms with Gasteiger partial charge in [-0.1, -0.05) is 41.4 Å². The minimum absolute atomic E-state index is 0.0312. The van der Waals surface area contributed by atoms with Crippen LogP contribution in [0.4, 0.5) is 17.6 Å². The highest BCUT2D eigenvalue weighted by atomic mass is 35.5.